The molecule has 0 unspecified atom stereocenters. The summed E-state index contributed by atoms with van der Waals surface area (Å²) in [6.07, 6.45) is 0.417. The third kappa shape index (κ3) is 2.19. The molecule has 1 aromatic carbocycles. The van der Waals surface area contributed by atoms with Gasteiger partial charge in [-0.05, 0) is 17.5 Å². The number of halogens is 1. The molecule has 0 aromatic heterocycles. The quantitative estimate of drug-likeness (QED) is 0.672. The lowest BCUT2D eigenvalue weighted by Crippen LogP contribution is -2.00. The number of rotatable bonds is 3. The van der Waals surface area contributed by atoms with Crippen LogP contribution < -0.4 is 0 Å². The first kappa shape index (κ1) is 10.9. The van der Waals surface area contributed by atoms with E-state index < -0.39 is 0 Å². The number of hydrogen-bond acceptors (Lipinski definition) is 1. The number of carbonyl (C=O) groups is 1. The van der Waals surface area contributed by atoms with Crippen LogP contribution in [0, 0.1) is 5.82 Å². The van der Waals surface area contributed by atoms with Gasteiger partial charge in [-0.2, -0.15) is 0 Å². The van der Waals surface area contributed by atoms with Gasteiger partial charge >= 0.3 is 0 Å². The van der Waals surface area contributed by atoms with Gasteiger partial charge in [0.2, 0.25) is 0 Å². The van der Waals surface area contributed by atoms with E-state index in [-0.39, 0.29) is 17.5 Å². The summed E-state index contributed by atoms with van der Waals surface area (Å²) in [5, 5.41) is 0. The smallest absolute Gasteiger partial charge is 0.162 e. The summed E-state index contributed by atoms with van der Waals surface area (Å²) in [7, 11) is 0. The second kappa shape index (κ2) is 4.36. The van der Waals surface area contributed by atoms with E-state index >= 15 is 0 Å². The fourth-order valence-electron chi connectivity index (χ4n) is 1.37. The Morgan fingerprint density at radius 2 is 2.07 bits per heavy atom. The van der Waals surface area contributed by atoms with E-state index in [0.29, 0.717) is 17.5 Å². The van der Waals surface area contributed by atoms with Crippen molar-refractivity contribution in [1.29, 1.82) is 0 Å². The first-order chi connectivity index (χ1) is 6.56. The maximum atomic E-state index is 13.4. The Bertz CT molecular complexity index is 342. The second-order valence-electron chi connectivity index (χ2n) is 3.67. The van der Waals surface area contributed by atoms with Gasteiger partial charge in [0, 0.05) is 12.0 Å². The Kier molecular flexibility index (Phi) is 3.39. The minimum absolute atomic E-state index is 0.0146. The van der Waals surface area contributed by atoms with Crippen molar-refractivity contribution >= 4 is 5.78 Å². The molecule has 0 radical (unpaired) electrons. The standard InChI is InChI=1S/C12H15FO/c1-4-12(14)9-5-6-10(8(2)3)11(13)7-9/h5-8H,4H2,1-3H3. The average Bonchev–Trinajstić information content (AvgIpc) is 2.15. The van der Waals surface area contributed by atoms with Gasteiger partial charge in [0.1, 0.15) is 5.82 Å². The maximum absolute atomic E-state index is 13.4. The molecular formula is C12H15FO. The number of Topliss-reactive ketones (excluding diaryl/α,β-unsaturated/α-hetero) is 1. The predicted octanol–water partition coefficient (Wildman–Crippen LogP) is 3.54. The highest BCUT2D eigenvalue weighted by Gasteiger charge is 2.09. The van der Waals surface area contributed by atoms with Crippen LogP contribution in [0.5, 0.6) is 0 Å². The highest BCUT2D eigenvalue weighted by Crippen LogP contribution is 2.19. The van der Waals surface area contributed by atoms with Gasteiger partial charge in [0.25, 0.3) is 0 Å². The molecule has 1 nitrogen and oxygen atoms in total. The Balaban J connectivity index is 3.06. The van der Waals surface area contributed by atoms with Crippen molar-refractivity contribution in [3.8, 4) is 0 Å². The Hall–Kier alpha value is -1.18. The molecule has 0 fully saturated rings. The topological polar surface area (TPSA) is 17.1 Å². The van der Waals surface area contributed by atoms with Crippen LogP contribution in [0.15, 0.2) is 18.2 Å². The summed E-state index contributed by atoms with van der Waals surface area (Å²) in [6, 6.07) is 4.73. The summed E-state index contributed by atoms with van der Waals surface area (Å²) in [5.74, 6) is -0.140. The lowest BCUT2D eigenvalue weighted by atomic mass is 9.99. The zero-order valence-corrected chi connectivity index (χ0v) is 8.80. The van der Waals surface area contributed by atoms with Gasteiger partial charge in [-0.1, -0.05) is 32.9 Å². The van der Waals surface area contributed by atoms with Gasteiger partial charge in [-0.3, -0.25) is 4.79 Å². The second-order valence-corrected chi connectivity index (χ2v) is 3.67. The highest BCUT2D eigenvalue weighted by molar-refractivity contribution is 5.95. The average molecular weight is 194 g/mol. The van der Waals surface area contributed by atoms with Crippen LogP contribution in [-0.2, 0) is 0 Å². The number of carbonyl (C=O) groups excluding carboxylic acids is 1. The third-order valence-electron chi connectivity index (χ3n) is 2.27. The lowest BCUT2D eigenvalue weighted by Gasteiger charge is -2.07. The molecule has 2 heteroatoms. The zero-order chi connectivity index (χ0) is 10.7. The van der Waals surface area contributed by atoms with Crippen LogP contribution in [0.2, 0.25) is 0 Å². The monoisotopic (exact) mass is 194 g/mol. The van der Waals surface area contributed by atoms with Crippen molar-refractivity contribution in [2.75, 3.05) is 0 Å². The first-order valence-electron chi connectivity index (χ1n) is 4.89. The molecule has 0 spiro atoms. The van der Waals surface area contributed by atoms with E-state index in [0.717, 1.165) is 0 Å². The van der Waals surface area contributed by atoms with Crippen LogP contribution in [0.4, 0.5) is 4.39 Å². The van der Waals surface area contributed by atoms with Crippen molar-refractivity contribution in [3.05, 3.63) is 35.1 Å². The van der Waals surface area contributed by atoms with Gasteiger partial charge in [-0.15, -0.1) is 0 Å². The molecule has 1 rings (SSSR count). The summed E-state index contributed by atoms with van der Waals surface area (Å²) in [6.45, 7) is 5.63. The molecule has 0 saturated carbocycles. The molecule has 0 aliphatic rings. The minimum atomic E-state index is -0.278. The fraction of sp³-hybridized carbons (Fsp3) is 0.417. The van der Waals surface area contributed by atoms with E-state index in [1.54, 1.807) is 19.1 Å². The SMILES string of the molecule is CCC(=O)c1ccc(C(C)C)c(F)c1. The van der Waals surface area contributed by atoms with Gasteiger partial charge in [-0.25, -0.2) is 4.39 Å². The summed E-state index contributed by atoms with van der Waals surface area (Å²) in [5.41, 5.74) is 1.13. The highest BCUT2D eigenvalue weighted by atomic mass is 19.1. The summed E-state index contributed by atoms with van der Waals surface area (Å²) >= 11 is 0. The van der Waals surface area contributed by atoms with E-state index in [9.17, 15) is 9.18 Å². The zero-order valence-electron chi connectivity index (χ0n) is 8.80. The predicted molar refractivity (Wildman–Crippen MR) is 55.1 cm³/mol. The van der Waals surface area contributed by atoms with Crippen LogP contribution >= 0.6 is 0 Å². The summed E-state index contributed by atoms with van der Waals surface area (Å²) < 4.78 is 13.4. The molecule has 1 aromatic rings. The molecule has 76 valence electrons. The summed E-state index contributed by atoms with van der Waals surface area (Å²) in [4.78, 5) is 11.3. The first-order valence-corrected chi connectivity index (χ1v) is 4.89. The van der Waals surface area contributed by atoms with Gasteiger partial charge < -0.3 is 0 Å². The molecule has 0 aliphatic carbocycles. The van der Waals surface area contributed by atoms with Gasteiger partial charge in [0.05, 0.1) is 0 Å². The van der Waals surface area contributed by atoms with E-state index in [2.05, 4.69) is 0 Å². The van der Waals surface area contributed by atoms with Crippen LogP contribution in [0.1, 0.15) is 49.0 Å². The van der Waals surface area contributed by atoms with Crippen molar-refractivity contribution in [2.24, 2.45) is 0 Å². The number of hydrogen-bond donors (Lipinski definition) is 0. The molecular weight excluding hydrogens is 179 g/mol. The molecule has 0 N–H and O–H groups in total. The number of ketones is 1. The molecule has 0 atom stereocenters. The molecule has 14 heavy (non-hydrogen) atoms. The largest absolute Gasteiger partial charge is 0.294 e. The van der Waals surface area contributed by atoms with Crippen LogP contribution in [0.3, 0.4) is 0 Å². The van der Waals surface area contributed by atoms with Gasteiger partial charge in [0.15, 0.2) is 5.78 Å². The molecule has 0 amide bonds. The van der Waals surface area contributed by atoms with Crippen LogP contribution in [-0.4, -0.2) is 5.78 Å². The lowest BCUT2D eigenvalue weighted by molar-refractivity contribution is 0.0987. The minimum Gasteiger partial charge on any atom is -0.294 e. The van der Waals surface area contributed by atoms with Crippen LogP contribution in [0.25, 0.3) is 0 Å². The maximum Gasteiger partial charge on any atom is 0.162 e. The molecule has 0 bridgehead atoms. The van der Waals surface area contributed by atoms with E-state index in [1.165, 1.54) is 6.07 Å². The van der Waals surface area contributed by atoms with Crippen molar-refractivity contribution < 1.29 is 9.18 Å². The third-order valence-corrected chi connectivity index (χ3v) is 2.27. The normalized spacial score (nSPS) is 10.6. The van der Waals surface area contributed by atoms with E-state index in [1.807, 2.05) is 13.8 Å². The fourth-order valence-corrected chi connectivity index (χ4v) is 1.37. The van der Waals surface area contributed by atoms with Crippen molar-refractivity contribution in [2.45, 2.75) is 33.1 Å². The van der Waals surface area contributed by atoms with Crippen molar-refractivity contribution in [3.63, 3.8) is 0 Å². The molecule has 0 aliphatic heterocycles. The Labute approximate surface area is 83.9 Å². The molecule has 0 saturated heterocycles. The number of benzene rings is 1. The Morgan fingerprint density at radius 1 is 1.43 bits per heavy atom. The van der Waals surface area contributed by atoms with Crippen molar-refractivity contribution in [1.82, 2.24) is 0 Å². The molecule has 0 heterocycles. The van der Waals surface area contributed by atoms with E-state index in [4.69, 9.17) is 0 Å². The Morgan fingerprint density at radius 3 is 2.50 bits per heavy atom.